The summed E-state index contributed by atoms with van der Waals surface area (Å²) < 4.78 is 24.8. The second-order valence-electron chi connectivity index (χ2n) is 8.28. The van der Waals surface area contributed by atoms with E-state index in [2.05, 4.69) is 10.4 Å². The first-order chi connectivity index (χ1) is 16.3. The smallest absolute Gasteiger partial charge is 0.318 e. The monoisotopic (exact) mass is 470 g/mol. The minimum absolute atomic E-state index is 0.0860. The van der Waals surface area contributed by atoms with Crippen molar-refractivity contribution in [1.29, 1.82) is 0 Å². The highest BCUT2D eigenvalue weighted by Gasteiger charge is 2.35. The number of hydrogen-bond acceptors (Lipinski definition) is 5. The van der Waals surface area contributed by atoms with Crippen molar-refractivity contribution < 1.29 is 23.5 Å². The Hall–Kier alpha value is -3.46. The molecule has 0 aromatic heterocycles. The molecule has 1 heterocycles. The lowest BCUT2D eigenvalue weighted by atomic mass is 9.98. The van der Waals surface area contributed by atoms with Gasteiger partial charge in [-0.15, -0.1) is 0 Å². The maximum atomic E-state index is 14.5. The molecule has 0 aliphatic carbocycles. The van der Waals surface area contributed by atoms with Gasteiger partial charge >= 0.3 is 6.03 Å². The Labute approximate surface area is 199 Å². The first kappa shape index (κ1) is 25.2. The summed E-state index contributed by atoms with van der Waals surface area (Å²) in [6, 6.07) is 12.8. The summed E-state index contributed by atoms with van der Waals surface area (Å²) in [7, 11) is 3.11. The number of amides is 3. The summed E-state index contributed by atoms with van der Waals surface area (Å²) in [4.78, 5) is 27.5. The Morgan fingerprint density at radius 1 is 1.18 bits per heavy atom. The number of rotatable bonds is 9. The van der Waals surface area contributed by atoms with E-state index < -0.39 is 11.9 Å². The number of nitrogens with zero attached hydrogens (tertiary/aromatic N) is 3. The Kier molecular flexibility index (Phi) is 8.59. The van der Waals surface area contributed by atoms with Crippen LogP contribution in [0.15, 0.2) is 53.6 Å². The van der Waals surface area contributed by atoms with Crippen LogP contribution in [0.5, 0.6) is 5.75 Å². The van der Waals surface area contributed by atoms with Crippen LogP contribution in [-0.2, 0) is 9.53 Å². The number of urea groups is 1. The van der Waals surface area contributed by atoms with Crippen LogP contribution >= 0.6 is 0 Å². The van der Waals surface area contributed by atoms with Crippen molar-refractivity contribution in [2.24, 2.45) is 5.10 Å². The van der Waals surface area contributed by atoms with Gasteiger partial charge in [-0.05, 0) is 37.6 Å². The van der Waals surface area contributed by atoms with Crippen LogP contribution in [0.1, 0.15) is 37.4 Å². The summed E-state index contributed by atoms with van der Waals surface area (Å²) in [5.74, 6) is -0.0878. The van der Waals surface area contributed by atoms with Gasteiger partial charge in [0.05, 0.1) is 25.5 Å². The van der Waals surface area contributed by atoms with Crippen LogP contribution in [0.2, 0.25) is 0 Å². The van der Waals surface area contributed by atoms with Crippen LogP contribution in [-0.4, -0.2) is 67.5 Å². The first-order valence-corrected chi connectivity index (χ1v) is 11.2. The van der Waals surface area contributed by atoms with E-state index in [0.717, 1.165) is 5.56 Å². The third-order valence-electron chi connectivity index (χ3n) is 5.44. The molecule has 1 aliphatic rings. The maximum Gasteiger partial charge on any atom is 0.318 e. The van der Waals surface area contributed by atoms with E-state index in [4.69, 9.17) is 9.47 Å². The topological polar surface area (TPSA) is 83.5 Å². The molecule has 0 unspecified atom stereocenters. The molecule has 1 atom stereocenters. The van der Waals surface area contributed by atoms with Crippen molar-refractivity contribution in [2.75, 3.05) is 33.9 Å². The number of methoxy groups -OCH3 is 2. The average Bonchev–Trinajstić information content (AvgIpc) is 3.27. The van der Waals surface area contributed by atoms with E-state index in [0.29, 0.717) is 23.4 Å². The first-order valence-electron chi connectivity index (χ1n) is 11.2. The molecule has 8 nitrogen and oxygen atoms in total. The van der Waals surface area contributed by atoms with Crippen molar-refractivity contribution in [2.45, 2.75) is 32.4 Å². The molecule has 34 heavy (non-hydrogen) atoms. The highest BCUT2D eigenvalue weighted by Crippen LogP contribution is 2.34. The quantitative estimate of drug-likeness (QED) is 0.607. The third-order valence-corrected chi connectivity index (χ3v) is 5.44. The van der Waals surface area contributed by atoms with Crippen molar-refractivity contribution in [3.05, 3.63) is 65.5 Å². The number of carbonyl (C=O) groups excluding carboxylic acids is 2. The molecule has 9 heteroatoms. The molecule has 1 N–H and O–H groups in total. The second kappa shape index (κ2) is 11.6. The molecule has 0 bridgehead atoms. The molecule has 1 aliphatic heterocycles. The summed E-state index contributed by atoms with van der Waals surface area (Å²) in [6.07, 6.45) is 0.343. The number of benzene rings is 2. The molecule has 0 saturated carbocycles. The molecule has 0 radical (unpaired) electrons. The fraction of sp³-hybridized carbons (Fsp3) is 0.400. The number of hydrogen-bond donors (Lipinski definition) is 1. The van der Waals surface area contributed by atoms with Crippen molar-refractivity contribution in [1.82, 2.24) is 15.2 Å². The fourth-order valence-electron chi connectivity index (χ4n) is 3.71. The number of hydrazone groups is 1. The van der Waals surface area contributed by atoms with Gasteiger partial charge < -0.3 is 19.7 Å². The van der Waals surface area contributed by atoms with E-state index in [1.165, 1.54) is 23.1 Å². The highest BCUT2D eigenvalue weighted by molar-refractivity contribution is 6.03. The van der Waals surface area contributed by atoms with Gasteiger partial charge in [-0.3, -0.25) is 4.79 Å². The second-order valence-corrected chi connectivity index (χ2v) is 8.28. The Morgan fingerprint density at radius 2 is 1.88 bits per heavy atom. The van der Waals surface area contributed by atoms with Gasteiger partial charge in [-0.2, -0.15) is 5.10 Å². The van der Waals surface area contributed by atoms with E-state index >= 15 is 0 Å². The van der Waals surface area contributed by atoms with Gasteiger partial charge in [0.25, 0.3) is 5.91 Å². The lowest BCUT2D eigenvalue weighted by Crippen LogP contribution is -2.48. The summed E-state index contributed by atoms with van der Waals surface area (Å²) in [6.45, 7) is 4.03. The maximum absolute atomic E-state index is 14.5. The predicted molar refractivity (Wildman–Crippen MR) is 127 cm³/mol. The van der Waals surface area contributed by atoms with Crippen molar-refractivity contribution in [3.8, 4) is 5.75 Å². The SMILES string of the molecule is COCCN(CC(=O)N1N=C(c2ccccc2F)C[C@@H]1c1ccc(OC)cc1)C(=O)NC(C)C. The molecule has 0 spiro atoms. The minimum atomic E-state index is -0.439. The zero-order valence-corrected chi connectivity index (χ0v) is 20.0. The zero-order valence-electron chi connectivity index (χ0n) is 20.0. The van der Waals surface area contributed by atoms with Gasteiger partial charge in [0.2, 0.25) is 0 Å². The van der Waals surface area contributed by atoms with Gasteiger partial charge in [0.15, 0.2) is 0 Å². The van der Waals surface area contributed by atoms with Crippen molar-refractivity contribution in [3.63, 3.8) is 0 Å². The lowest BCUT2D eigenvalue weighted by molar-refractivity contribution is -0.133. The minimum Gasteiger partial charge on any atom is -0.497 e. The number of halogens is 1. The van der Waals surface area contributed by atoms with Gasteiger partial charge in [-0.25, -0.2) is 14.2 Å². The molecular formula is C25H31FN4O4. The number of nitrogens with one attached hydrogen (secondary N) is 1. The highest BCUT2D eigenvalue weighted by atomic mass is 19.1. The predicted octanol–water partition coefficient (Wildman–Crippen LogP) is 3.58. The largest absolute Gasteiger partial charge is 0.497 e. The normalized spacial score (nSPS) is 15.3. The van der Waals surface area contributed by atoms with Crippen molar-refractivity contribution >= 4 is 17.6 Å². The molecule has 0 fully saturated rings. The fourth-order valence-corrected chi connectivity index (χ4v) is 3.71. The molecule has 0 saturated heterocycles. The lowest BCUT2D eigenvalue weighted by Gasteiger charge is -2.27. The zero-order chi connectivity index (χ0) is 24.7. The van der Waals surface area contributed by atoms with E-state index in [-0.39, 0.29) is 37.7 Å². The molecule has 2 aromatic carbocycles. The van der Waals surface area contributed by atoms with Crippen LogP contribution in [0.25, 0.3) is 0 Å². The van der Waals surface area contributed by atoms with E-state index in [1.54, 1.807) is 37.4 Å². The summed E-state index contributed by atoms with van der Waals surface area (Å²) >= 11 is 0. The number of ether oxygens (including phenoxy) is 2. The Balaban J connectivity index is 1.90. The van der Waals surface area contributed by atoms with Gasteiger partial charge in [0.1, 0.15) is 18.1 Å². The molecule has 182 valence electrons. The van der Waals surface area contributed by atoms with E-state index in [1.807, 2.05) is 26.0 Å². The molecule has 2 aromatic rings. The van der Waals surface area contributed by atoms with Crippen LogP contribution in [0.3, 0.4) is 0 Å². The van der Waals surface area contributed by atoms with Crippen LogP contribution in [0.4, 0.5) is 9.18 Å². The molecular weight excluding hydrogens is 439 g/mol. The number of carbonyl (C=O) groups is 2. The third kappa shape index (κ3) is 6.11. The van der Waals surface area contributed by atoms with E-state index in [9.17, 15) is 14.0 Å². The Morgan fingerprint density at radius 3 is 2.50 bits per heavy atom. The van der Waals surface area contributed by atoms with Gasteiger partial charge in [0, 0.05) is 31.7 Å². The average molecular weight is 471 g/mol. The van der Waals surface area contributed by atoms with Crippen LogP contribution in [0, 0.1) is 5.82 Å². The standard InChI is InChI=1S/C25H31FN4O4/c1-17(2)27-25(32)29(13-14-33-3)16-24(31)30-23(18-9-11-19(34-4)12-10-18)15-22(28-30)20-7-5-6-8-21(20)26/h5-12,17,23H,13-16H2,1-4H3,(H,27,32)/t23-/m1/s1. The molecule has 3 rings (SSSR count). The molecule has 3 amide bonds. The van der Waals surface area contributed by atoms with Gasteiger partial charge in [-0.1, -0.05) is 30.3 Å². The summed E-state index contributed by atoms with van der Waals surface area (Å²) in [5.41, 5.74) is 1.66. The van der Waals surface area contributed by atoms with Crippen LogP contribution < -0.4 is 10.1 Å². The summed E-state index contributed by atoms with van der Waals surface area (Å²) in [5, 5.41) is 8.67. The Bertz CT molecular complexity index is 1030.